The molecular weight excluding hydrogens is 326 g/mol. The van der Waals surface area contributed by atoms with Crippen LogP contribution < -0.4 is 5.32 Å². The highest BCUT2D eigenvalue weighted by Gasteiger charge is 2.21. The van der Waals surface area contributed by atoms with Crippen molar-refractivity contribution < 1.29 is 14.3 Å². The minimum absolute atomic E-state index is 0.105. The number of thiazole rings is 1. The lowest BCUT2D eigenvalue weighted by atomic mass is 10.1. The number of nitrogens with one attached hydrogen (secondary N) is 1. The Morgan fingerprint density at radius 1 is 1.29 bits per heavy atom. The number of rotatable bonds is 8. The van der Waals surface area contributed by atoms with Gasteiger partial charge in [0.15, 0.2) is 5.69 Å². The summed E-state index contributed by atoms with van der Waals surface area (Å²) in [6.07, 6.45) is 3.12. The molecule has 6 nitrogen and oxygen atoms in total. The first-order valence-corrected chi connectivity index (χ1v) is 9.33. The van der Waals surface area contributed by atoms with Gasteiger partial charge in [0.1, 0.15) is 5.01 Å². The van der Waals surface area contributed by atoms with Crippen LogP contribution in [0.1, 0.15) is 69.4 Å². The lowest BCUT2D eigenvalue weighted by Gasteiger charge is -2.28. The maximum absolute atomic E-state index is 12.5. The zero-order valence-electron chi connectivity index (χ0n) is 15.3. The Labute approximate surface area is 148 Å². The quantitative estimate of drug-likeness (QED) is 0.568. The van der Waals surface area contributed by atoms with E-state index in [4.69, 9.17) is 4.74 Å². The van der Waals surface area contributed by atoms with Crippen LogP contribution >= 0.6 is 11.3 Å². The van der Waals surface area contributed by atoms with Crippen LogP contribution in [-0.2, 0) is 11.3 Å². The lowest BCUT2D eigenvalue weighted by molar-refractivity contribution is 0.0520. The van der Waals surface area contributed by atoms with Crippen molar-refractivity contribution in [1.82, 2.24) is 15.2 Å². The Bertz CT molecular complexity index is 537. The van der Waals surface area contributed by atoms with Gasteiger partial charge in [-0.05, 0) is 34.1 Å². The van der Waals surface area contributed by atoms with E-state index in [-0.39, 0.29) is 11.6 Å². The number of carbonyl (C=O) groups is 2. The van der Waals surface area contributed by atoms with Gasteiger partial charge in [-0.1, -0.05) is 19.8 Å². The number of nitrogens with zero attached hydrogens (tertiary/aromatic N) is 2. The fraction of sp³-hybridized carbons (Fsp3) is 0.706. The normalized spacial score (nSPS) is 11.2. The third-order valence-electron chi connectivity index (χ3n) is 3.16. The highest BCUT2D eigenvalue weighted by molar-refractivity contribution is 7.09. The molecule has 0 aliphatic carbocycles. The molecule has 0 saturated heterocycles. The second kappa shape index (κ2) is 9.61. The van der Waals surface area contributed by atoms with Gasteiger partial charge >= 0.3 is 12.0 Å². The molecule has 1 aromatic rings. The monoisotopic (exact) mass is 355 g/mol. The number of aromatic nitrogens is 1. The zero-order valence-corrected chi connectivity index (χ0v) is 16.2. The molecule has 0 fully saturated rings. The van der Waals surface area contributed by atoms with Crippen LogP contribution in [0.5, 0.6) is 0 Å². The fourth-order valence-corrected chi connectivity index (χ4v) is 2.83. The average molecular weight is 356 g/mol. The molecule has 1 rings (SSSR count). The van der Waals surface area contributed by atoms with E-state index in [0.717, 1.165) is 24.3 Å². The number of esters is 1. The first-order valence-electron chi connectivity index (χ1n) is 8.45. The highest BCUT2D eigenvalue weighted by atomic mass is 32.1. The molecule has 0 aliphatic rings. The van der Waals surface area contributed by atoms with Gasteiger partial charge in [0.25, 0.3) is 0 Å². The van der Waals surface area contributed by atoms with Crippen molar-refractivity contribution in [2.24, 2.45) is 0 Å². The molecule has 0 saturated carbocycles. The minimum atomic E-state index is -0.420. The van der Waals surface area contributed by atoms with Crippen molar-refractivity contribution in [2.45, 2.75) is 66.0 Å². The molecule has 0 spiro atoms. The third kappa shape index (κ3) is 7.29. The molecule has 0 aliphatic heterocycles. The molecule has 0 atom stereocenters. The molecule has 7 heteroatoms. The molecule has 136 valence electrons. The van der Waals surface area contributed by atoms with Crippen molar-refractivity contribution in [3.05, 3.63) is 16.1 Å². The smallest absolute Gasteiger partial charge is 0.357 e. The van der Waals surface area contributed by atoms with E-state index in [2.05, 4.69) is 17.2 Å². The number of hydrogen-bond donors (Lipinski definition) is 1. The average Bonchev–Trinajstić information content (AvgIpc) is 2.93. The van der Waals surface area contributed by atoms with E-state index in [0.29, 0.717) is 25.4 Å². The molecule has 0 unspecified atom stereocenters. The second-order valence-electron chi connectivity index (χ2n) is 6.66. The first-order chi connectivity index (χ1) is 11.3. The van der Waals surface area contributed by atoms with Gasteiger partial charge in [-0.2, -0.15) is 0 Å². The standard InChI is InChI=1S/C17H29N3O3S/c1-6-8-9-10-20(16(22)19-17(3,4)5)11-14-18-13(12-24-14)15(21)23-7-2/h12H,6-11H2,1-5H3,(H,19,22). The van der Waals surface area contributed by atoms with E-state index >= 15 is 0 Å². The Kier molecular flexibility index (Phi) is 8.18. The summed E-state index contributed by atoms with van der Waals surface area (Å²) in [5.74, 6) is -0.420. The number of amides is 2. The zero-order chi connectivity index (χ0) is 18.2. The summed E-state index contributed by atoms with van der Waals surface area (Å²) < 4.78 is 4.95. The van der Waals surface area contributed by atoms with Crippen molar-refractivity contribution in [3.8, 4) is 0 Å². The van der Waals surface area contributed by atoms with Crippen LogP contribution in [0.25, 0.3) is 0 Å². The predicted molar refractivity (Wildman–Crippen MR) is 96.3 cm³/mol. The molecule has 1 N–H and O–H groups in total. The maximum Gasteiger partial charge on any atom is 0.357 e. The van der Waals surface area contributed by atoms with Crippen molar-refractivity contribution in [2.75, 3.05) is 13.2 Å². The van der Waals surface area contributed by atoms with Gasteiger partial charge in [-0.3, -0.25) is 0 Å². The molecule has 24 heavy (non-hydrogen) atoms. The molecular formula is C17H29N3O3S. The number of ether oxygens (including phenoxy) is 1. The molecule has 1 aromatic heterocycles. The largest absolute Gasteiger partial charge is 0.461 e. The molecule has 1 heterocycles. The summed E-state index contributed by atoms with van der Waals surface area (Å²) in [6, 6.07) is -0.105. The highest BCUT2D eigenvalue weighted by Crippen LogP contribution is 2.15. The summed E-state index contributed by atoms with van der Waals surface area (Å²) in [7, 11) is 0. The SMILES string of the molecule is CCCCCN(Cc1nc(C(=O)OCC)cs1)C(=O)NC(C)(C)C. The minimum Gasteiger partial charge on any atom is -0.461 e. The van der Waals surface area contributed by atoms with E-state index in [1.165, 1.54) is 11.3 Å². The van der Waals surface area contributed by atoms with E-state index in [1.54, 1.807) is 17.2 Å². The molecule has 0 aromatic carbocycles. The van der Waals surface area contributed by atoms with E-state index < -0.39 is 5.97 Å². The van der Waals surface area contributed by atoms with E-state index in [1.807, 2.05) is 20.8 Å². The van der Waals surface area contributed by atoms with E-state index in [9.17, 15) is 9.59 Å². The van der Waals surface area contributed by atoms with Gasteiger partial charge in [0.2, 0.25) is 0 Å². The van der Waals surface area contributed by atoms with Crippen LogP contribution in [-0.4, -0.2) is 40.6 Å². The topological polar surface area (TPSA) is 71.5 Å². The summed E-state index contributed by atoms with van der Waals surface area (Å²) in [4.78, 5) is 30.3. The van der Waals surface area contributed by atoms with Gasteiger partial charge in [0.05, 0.1) is 13.2 Å². The van der Waals surface area contributed by atoms with Gasteiger partial charge < -0.3 is 15.0 Å². The lowest BCUT2D eigenvalue weighted by Crippen LogP contribution is -2.48. The summed E-state index contributed by atoms with van der Waals surface area (Å²) >= 11 is 1.37. The van der Waals surface area contributed by atoms with Crippen molar-refractivity contribution in [3.63, 3.8) is 0 Å². The number of unbranched alkanes of at least 4 members (excludes halogenated alkanes) is 2. The number of urea groups is 1. The summed E-state index contributed by atoms with van der Waals surface area (Å²) in [5.41, 5.74) is 0.0144. The van der Waals surface area contributed by atoms with Crippen molar-refractivity contribution in [1.29, 1.82) is 0 Å². The molecule has 0 radical (unpaired) electrons. The second-order valence-corrected chi connectivity index (χ2v) is 7.60. The van der Waals surface area contributed by atoms with Crippen LogP contribution in [0.3, 0.4) is 0 Å². The summed E-state index contributed by atoms with van der Waals surface area (Å²) in [6.45, 7) is 11.2. The predicted octanol–water partition coefficient (Wildman–Crippen LogP) is 3.82. The van der Waals surface area contributed by atoms with Crippen LogP contribution in [0.2, 0.25) is 0 Å². The maximum atomic E-state index is 12.5. The third-order valence-corrected chi connectivity index (χ3v) is 4.00. The number of hydrogen-bond acceptors (Lipinski definition) is 5. The Balaban J connectivity index is 2.76. The van der Waals surface area contributed by atoms with Gasteiger partial charge in [0, 0.05) is 17.5 Å². The van der Waals surface area contributed by atoms with Crippen molar-refractivity contribution >= 4 is 23.3 Å². The Morgan fingerprint density at radius 3 is 2.58 bits per heavy atom. The van der Waals surface area contributed by atoms with Gasteiger partial charge in [-0.15, -0.1) is 11.3 Å². The summed E-state index contributed by atoms with van der Waals surface area (Å²) in [5, 5.41) is 5.40. The van der Waals surface area contributed by atoms with Crippen LogP contribution in [0, 0.1) is 0 Å². The van der Waals surface area contributed by atoms with Crippen LogP contribution in [0.4, 0.5) is 4.79 Å². The van der Waals surface area contributed by atoms with Gasteiger partial charge in [-0.25, -0.2) is 14.6 Å². The Morgan fingerprint density at radius 2 is 2.00 bits per heavy atom. The molecule has 0 bridgehead atoms. The number of carbonyl (C=O) groups excluding carboxylic acids is 2. The Hall–Kier alpha value is -1.63. The fourth-order valence-electron chi connectivity index (χ4n) is 2.05. The molecule has 2 amide bonds. The first kappa shape index (κ1) is 20.4. The van der Waals surface area contributed by atoms with Crippen LogP contribution in [0.15, 0.2) is 5.38 Å².